The van der Waals surface area contributed by atoms with Gasteiger partial charge in [-0.3, -0.25) is 9.69 Å². The Bertz CT molecular complexity index is 1740. The minimum atomic E-state index is -5.09. The summed E-state index contributed by atoms with van der Waals surface area (Å²) in [6.07, 6.45) is -2.35. The molecule has 0 aliphatic rings. The molecule has 0 aliphatic heterocycles. The zero-order valence-electron chi connectivity index (χ0n) is 26.1. The summed E-state index contributed by atoms with van der Waals surface area (Å²) in [5.74, 6) is -2.38. The van der Waals surface area contributed by atoms with Crippen molar-refractivity contribution in [2.75, 3.05) is 20.2 Å². The molecule has 0 saturated heterocycles. The number of benzene rings is 3. The van der Waals surface area contributed by atoms with Crippen LogP contribution in [0.15, 0.2) is 76.0 Å². The lowest BCUT2D eigenvalue weighted by molar-refractivity contribution is -0.154. The molecule has 1 heterocycles. The number of hydrogen-bond acceptors (Lipinski definition) is 7. The second-order valence-electron chi connectivity index (χ2n) is 11.6. The maximum absolute atomic E-state index is 14.4. The Morgan fingerprint density at radius 1 is 0.935 bits per heavy atom. The zero-order valence-corrected chi connectivity index (χ0v) is 26.9. The summed E-state index contributed by atoms with van der Waals surface area (Å²) in [4.78, 5) is 28.6. The fourth-order valence-electron chi connectivity index (χ4n) is 4.91. The van der Waals surface area contributed by atoms with E-state index in [9.17, 15) is 22.8 Å². The minimum Gasteiger partial charge on any atom is -0.497 e. The van der Waals surface area contributed by atoms with Crippen LogP contribution < -0.4 is 19.6 Å². The Kier molecular flexibility index (Phi) is 11.2. The number of carbonyl (C=O) groups excluding carboxylic acids is 1. The first kappa shape index (κ1) is 34.6. The van der Waals surface area contributed by atoms with Gasteiger partial charge in [0.25, 0.3) is 5.76 Å². The van der Waals surface area contributed by atoms with Crippen LogP contribution in [0.5, 0.6) is 23.0 Å². The number of rotatable bonds is 12. The Balaban J connectivity index is 1.84. The van der Waals surface area contributed by atoms with Crippen molar-refractivity contribution in [2.24, 2.45) is 11.8 Å². The first-order valence-corrected chi connectivity index (χ1v) is 15.0. The molecule has 4 aromatic rings. The highest BCUT2D eigenvalue weighted by Crippen LogP contribution is 2.40. The first-order chi connectivity index (χ1) is 21.7. The highest BCUT2D eigenvalue weighted by atomic mass is 35.5. The number of carbonyl (C=O) groups is 1. The lowest BCUT2D eigenvalue weighted by atomic mass is 10.1. The molecule has 4 rings (SSSR count). The second kappa shape index (κ2) is 14.9. The Morgan fingerprint density at radius 2 is 1.54 bits per heavy atom. The molecular formula is C35H35ClF3NO6. The number of nitrogens with zero attached hydrogens (tertiary/aromatic N) is 1. The monoisotopic (exact) mass is 657 g/mol. The number of hydrogen-bond donors (Lipinski definition) is 0. The Morgan fingerprint density at radius 3 is 2.11 bits per heavy atom. The molecule has 0 spiro atoms. The summed E-state index contributed by atoms with van der Waals surface area (Å²) >= 11 is 5.90. The first-order valence-electron chi connectivity index (χ1n) is 14.6. The molecular weight excluding hydrogens is 623 g/mol. The van der Waals surface area contributed by atoms with E-state index < -0.39 is 29.1 Å². The molecule has 0 aliphatic carbocycles. The van der Waals surface area contributed by atoms with Crippen LogP contribution in [-0.4, -0.2) is 31.1 Å². The third kappa shape index (κ3) is 8.92. The van der Waals surface area contributed by atoms with Crippen LogP contribution in [0.3, 0.4) is 0 Å². The van der Waals surface area contributed by atoms with E-state index in [0.717, 1.165) is 0 Å². The number of esters is 1. The molecule has 0 bridgehead atoms. The number of methoxy groups -OCH3 is 1. The van der Waals surface area contributed by atoms with Crippen molar-refractivity contribution in [3.63, 3.8) is 0 Å². The van der Waals surface area contributed by atoms with E-state index in [1.54, 1.807) is 31.4 Å². The van der Waals surface area contributed by atoms with Gasteiger partial charge in [-0.1, -0.05) is 51.4 Å². The van der Waals surface area contributed by atoms with E-state index in [-0.39, 0.29) is 46.4 Å². The third-order valence-corrected chi connectivity index (χ3v) is 6.99. The van der Waals surface area contributed by atoms with Gasteiger partial charge in [-0.15, -0.1) is 0 Å². The van der Waals surface area contributed by atoms with Crippen LogP contribution in [0.4, 0.5) is 13.2 Å². The summed E-state index contributed by atoms with van der Waals surface area (Å²) < 4.78 is 65.1. The van der Waals surface area contributed by atoms with Gasteiger partial charge in [0.1, 0.15) is 22.8 Å². The van der Waals surface area contributed by atoms with Gasteiger partial charge in [-0.2, -0.15) is 13.2 Å². The molecule has 0 unspecified atom stereocenters. The van der Waals surface area contributed by atoms with Gasteiger partial charge < -0.3 is 18.6 Å². The smallest absolute Gasteiger partial charge is 0.453 e. The maximum atomic E-state index is 14.4. The molecule has 0 N–H and O–H groups in total. The van der Waals surface area contributed by atoms with Crippen molar-refractivity contribution >= 4 is 34.6 Å². The lowest BCUT2D eigenvalue weighted by Gasteiger charge is -2.27. The number of ether oxygens (including phenoxy) is 3. The molecule has 0 atom stereocenters. The molecule has 11 heteroatoms. The molecule has 7 nitrogen and oxygen atoms in total. The molecule has 0 fully saturated rings. The van der Waals surface area contributed by atoms with Gasteiger partial charge in [0.05, 0.1) is 18.1 Å². The van der Waals surface area contributed by atoms with Crippen LogP contribution >= 0.6 is 11.6 Å². The van der Waals surface area contributed by atoms with Gasteiger partial charge in [-0.25, -0.2) is 4.79 Å². The summed E-state index contributed by atoms with van der Waals surface area (Å²) in [5, 5.41) is 0.182. The minimum absolute atomic E-state index is 0.0305. The zero-order chi connectivity index (χ0) is 33.6. The molecule has 0 saturated carbocycles. The second-order valence-corrected chi connectivity index (χ2v) is 12.0. The molecule has 46 heavy (non-hydrogen) atoms. The van der Waals surface area contributed by atoms with Gasteiger partial charge in [0, 0.05) is 30.7 Å². The predicted molar refractivity (Wildman–Crippen MR) is 172 cm³/mol. The molecule has 0 radical (unpaired) electrons. The quantitative estimate of drug-likeness (QED) is 0.0855. The number of halogens is 4. The van der Waals surface area contributed by atoms with E-state index in [4.69, 9.17) is 30.2 Å². The predicted octanol–water partition coefficient (Wildman–Crippen LogP) is 9.00. The van der Waals surface area contributed by atoms with Crippen LogP contribution in [0, 0.1) is 11.8 Å². The van der Waals surface area contributed by atoms with Crippen LogP contribution in [0.1, 0.15) is 44.6 Å². The summed E-state index contributed by atoms with van der Waals surface area (Å²) in [6, 6.07) is 15.1. The molecule has 0 amide bonds. The van der Waals surface area contributed by atoms with E-state index in [1.807, 2.05) is 32.6 Å². The normalized spacial score (nSPS) is 12.1. The van der Waals surface area contributed by atoms with Crippen molar-refractivity contribution in [3.8, 4) is 23.0 Å². The van der Waals surface area contributed by atoms with Crippen molar-refractivity contribution in [3.05, 3.63) is 98.9 Å². The van der Waals surface area contributed by atoms with E-state index in [2.05, 4.69) is 0 Å². The third-order valence-electron chi connectivity index (χ3n) is 6.74. The Hall–Kier alpha value is -4.28. The van der Waals surface area contributed by atoms with Gasteiger partial charge in [0.2, 0.25) is 11.2 Å². The van der Waals surface area contributed by atoms with E-state index in [1.165, 1.54) is 48.6 Å². The molecule has 244 valence electrons. The number of fused-ring (bicyclic) bond motifs is 1. The number of alkyl halides is 3. The van der Waals surface area contributed by atoms with Gasteiger partial charge in [0.15, 0.2) is 0 Å². The highest BCUT2D eigenvalue weighted by Gasteiger charge is 2.41. The van der Waals surface area contributed by atoms with E-state index >= 15 is 0 Å². The van der Waals surface area contributed by atoms with Crippen molar-refractivity contribution in [1.82, 2.24) is 4.90 Å². The van der Waals surface area contributed by atoms with Crippen molar-refractivity contribution < 1.29 is 36.6 Å². The molecule has 1 aromatic heterocycles. The SMILES string of the molecule is COc1ccc(C=CC(=O)Oc2ccc3c(=O)c(Oc4ccc(Cl)cc4)c(C(F)(F)F)oc3c2CN(CC(C)C)CC(C)C)cc1. The standard InChI is InChI=1S/C35H35ClF3NO6/c1-21(2)18-40(19-22(3)4)20-28-29(45-30(41)17-8-23-6-11-25(43-5)12-7-23)16-15-27-31(42)33(34(35(37,38)39)46-32(27)28)44-26-13-9-24(36)10-14-26/h6-17,21-22H,18-20H2,1-5H3. The Labute approximate surface area is 270 Å². The fraction of sp³-hybridized carbons (Fsp3) is 0.314. The average Bonchev–Trinajstić information content (AvgIpc) is 2.98. The fourth-order valence-corrected chi connectivity index (χ4v) is 5.03. The van der Waals surface area contributed by atoms with Gasteiger partial charge >= 0.3 is 12.1 Å². The van der Waals surface area contributed by atoms with Crippen molar-refractivity contribution in [1.29, 1.82) is 0 Å². The van der Waals surface area contributed by atoms with Crippen LogP contribution in [0.25, 0.3) is 17.0 Å². The maximum Gasteiger partial charge on any atom is 0.453 e. The lowest BCUT2D eigenvalue weighted by Crippen LogP contribution is -2.31. The molecule has 3 aromatic carbocycles. The van der Waals surface area contributed by atoms with Gasteiger partial charge in [-0.05, 0) is 72.0 Å². The topological polar surface area (TPSA) is 78.2 Å². The highest BCUT2D eigenvalue weighted by molar-refractivity contribution is 6.30. The summed E-state index contributed by atoms with van der Waals surface area (Å²) in [6.45, 7) is 9.30. The largest absolute Gasteiger partial charge is 0.497 e. The van der Waals surface area contributed by atoms with Crippen LogP contribution in [0.2, 0.25) is 5.02 Å². The average molecular weight is 658 g/mol. The van der Waals surface area contributed by atoms with Crippen LogP contribution in [-0.2, 0) is 17.5 Å². The summed E-state index contributed by atoms with van der Waals surface area (Å²) in [5.41, 5.74) is -0.541. The summed E-state index contributed by atoms with van der Waals surface area (Å²) in [7, 11) is 1.54. The van der Waals surface area contributed by atoms with E-state index in [0.29, 0.717) is 29.4 Å². The van der Waals surface area contributed by atoms with Crippen molar-refractivity contribution in [2.45, 2.75) is 40.4 Å².